The summed E-state index contributed by atoms with van der Waals surface area (Å²) in [7, 11) is -3.58. The Bertz CT molecular complexity index is 814. The van der Waals surface area contributed by atoms with Gasteiger partial charge in [-0.3, -0.25) is 0 Å². The van der Waals surface area contributed by atoms with Gasteiger partial charge in [0.25, 0.3) is 0 Å². The van der Waals surface area contributed by atoms with E-state index in [1.165, 1.54) is 0 Å². The fraction of sp³-hybridized carbons (Fsp3) is 0.696. The first kappa shape index (κ1) is 28.0. The molecule has 2 aliphatic rings. The summed E-state index contributed by atoms with van der Waals surface area (Å²) in [5, 5.41) is 0. The summed E-state index contributed by atoms with van der Waals surface area (Å²) in [4.78, 5) is 33.1. The summed E-state index contributed by atoms with van der Waals surface area (Å²) < 4.78 is 22.5. The van der Waals surface area contributed by atoms with Crippen molar-refractivity contribution in [2.45, 2.75) is 65.8 Å². The molecule has 2 rings (SSSR count). The van der Waals surface area contributed by atoms with Crippen molar-refractivity contribution in [3.05, 3.63) is 34.3 Å². The third-order valence-electron chi connectivity index (χ3n) is 5.76. The van der Waals surface area contributed by atoms with Gasteiger partial charge >= 0.3 is 199 Å². The van der Waals surface area contributed by atoms with Gasteiger partial charge in [-0.2, -0.15) is 0 Å². The number of fused-ring (bicyclic) bond motifs is 1. The molecule has 0 spiro atoms. The fourth-order valence-corrected chi connectivity index (χ4v) is 6.03. The molecular weight excluding hydrogens is 461 g/mol. The van der Waals surface area contributed by atoms with Gasteiger partial charge in [-0.1, -0.05) is 0 Å². The van der Waals surface area contributed by atoms with Crippen molar-refractivity contribution in [1.82, 2.24) is 5.48 Å². The predicted octanol–water partition coefficient (Wildman–Crippen LogP) is 4.06. The quantitative estimate of drug-likeness (QED) is 0.120. The van der Waals surface area contributed by atoms with E-state index >= 15 is 0 Å². The number of rotatable bonds is 12. The predicted molar refractivity (Wildman–Crippen MR) is 134 cm³/mol. The zero-order valence-corrected chi connectivity index (χ0v) is 23.3. The van der Waals surface area contributed by atoms with E-state index in [9.17, 15) is 14.6 Å². The number of allylic oxidation sites excluding steroid dienone is 4. The molecule has 0 bridgehead atoms. The van der Waals surface area contributed by atoms with Crippen LogP contribution >= 0.6 is 7.94 Å². The summed E-state index contributed by atoms with van der Waals surface area (Å²) in [6.07, 6.45) is 2.38. The van der Waals surface area contributed by atoms with Crippen LogP contribution < -0.4 is 5.48 Å². The van der Waals surface area contributed by atoms with E-state index in [0.29, 0.717) is 31.0 Å². The van der Waals surface area contributed by atoms with Gasteiger partial charge in [0.2, 0.25) is 0 Å². The second-order valence-electron chi connectivity index (χ2n) is 10.5. The Balaban J connectivity index is 2.30. The summed E-state index contributed by atoms with van der Waals surface area (Å²) >= 11 is 0. The van der Waals surface area contributed by atoms with Crippen molar-refractivity contribution in [3.63, 3.8) is 0 Å². The van der Waals surface area contributed by atoms with Gasteiger partial charge in [0.1, 0.15) is 0 Å². The van der Waals surface area contributed by atoms with E-state index in [-0.39, 0.29) is 30.0 Å². The molecule has 190 valence electrons. The number of methoxy groups -OCH3 is 1. The second kappa shape index (κ2) is 11.5. The monoisotopic (exact) mass is 503 g/mol. The number of carbonyl (C=O) groups is 1. The van der Waals surface area contributed by atoms with Crippen molar-refractivity contribution in [1.29, 1.82) is 0 Å². The van der Waals surface area contributed by atoms with Crippen molar-refractivity contribution >= 4 is 22.0 Å². The zero-order chi connectivity index (χ0) is 25.0. The minimum absolute atomic E-state index is 0.0211. The van der Waals surface area contributed by atoms with Gasteiger partial charge in [-0.05, 0) is 0 Å². The fourth-order valence-electron chi connectivity index (χ4n) is 3.95. The van der Waals surface area contributed by atoms with Crippen LogP contribution in [0.15, 0.2) is 34.3 Å². The first-order chi connectivity index (χ1) is 15.3. The SMILES string of the molecule is COC1=C(C/C=C(\C)C[PH](O)(O)ONC(C)C)C(OCC[Si](C)(C)C)=C2C(=O)OCC2C1C. The second-order valence-corrected chi connectivity index (χ2v) is 18.2. The number of nitrogens with one attached hydrogen (secondary N) is 1. The van der Waals surface area contributed by atoms with E-state index < -0.39 is 16.0 Å². The third-order valence-corrected chi connectivity index (χ3v) is 8.93. The van der Waals surface area contributed by atoms with E-state index in [0.717, 1.165) is 22.9 Å². The number of hydrogen-bond acceptors (Lipinski definition) is 8. The Labute approximate surface area is 199 Å². The molecule has 8 nitrogen and oxygen atoms in total. The Morgan fingerprint density at radius 3 is 2.58 bits per heavy atom. The maximum absolute atomic E-state index is 12.6. The van der Waals surface area contributed by atoms with E-state index in [4.69, 9.17) is 18.8 Å². The molecular formula is C23H42NO7PSi. The number of carbonyl (C=O) groups excluding carboxylic acids is 1. The van der Waals surface area contributed by atoms with Crippen molar-refractivity contribution in [2.24, 2.45) is 11.8 Å². The van der Waals surface area contributed by atoms with Gasteiger partial charge in [-0.25, -0.2) is 0 Å². The maximum atomic E-state index is 12.6. The van der Waals surface area contributed by atoms with Crippen LogP contribution in [0.5, 0.6) is 0 Å². The number of hydroxylamine groups is 1. The summed E-state index contributed by atoms with van der Waals surface area (Å²) in [5.41, 5.74) is 4.80. The topological polar surface area (TPSA) is 106 Å². The van der Waals surface area contributed by atoms with Crippen molar-refractivity contribution < 1.29 is 33.4 Å². The van der Waals surface area contributed by atoms with Crippen LogP contribution in [0.1, 0.15) is 34.1 Å². The van der Waals surface area contributed by atoms with Crippen LogP contribution in [0.25, 0.3) is 0 Å². The molecule has 0 aromatic heterocycles. The van der Waals surface area contributed by atoms with Crippen LogP contribution in [-0.2, 0) is 23.6 Å². The van der Waals surface area contributed by atoms with Crippen LogP contribution in [0, 0.1) is 11.8 Å². The number of esters is 1. The van der Waals surface area contributed by atoms with Gasteiger partial charge in [0.15, 0.2) is 0 Å². The third kappa shape index (κ3) is 7.91. The molecule has 0 aromatic rings. The Morgan fingerprint density at radius 1 is 1.33 bits per heavy atom. The summed E-state index contributed by atoms with van der Waals surface area (Å²) in [6, 6.07) is 0.938. The molecule has 1 fully saturated rings. The van der Waals surface area contributed by atoms with Crippen molar-refractivity contribution in [3.8, 4) is 0 Å². The van der Waals surface area contributed by atoms with Gasteiger partial charge < -0.3 is 0 Å². The average molecular weight is 504 g/mol. The molecule has 1 aliphatic carbocycles. The van der Waals surface area contributed by atoms with Gasteiger partial charge in [-0.15, -0.1) is 0 Å². The van der Waals surface area contributed by atoms with Crippen LogP contribution in [0.4, 0.5) is 0 Å². The zero-order valence-electron chi connectivity index (χ0n) is 21.3. The molecule has 0 amide bonds. The molecule has 1 saturated heterocycles. The average Bonchev–Trinajstić information content (AvgIpc) is 3.07. The number of ether oxygens (including phenoxy) is 3. The van der Waals surface area contributed by atoms with Crippen molar-refractivity contribution in [2.75, 3.05) is 26.5 Å². The molecule has 2 atom stereocenters. The van der Waals surface area contributed by atoms with E-state index in [1.54, 1.807) is 7.11 Å². The number of cyclic esters (lactones) is 1. The molecule has 2 unspecified atom stereocenters. The number of hydrogen-bond donors (Lipinski definition) is 3. The molecule has 0 saturated carbocycles. The molecule has 3 N–H and O–H groups in total. The minimum atomic E-state index is -3.89. The Kier molecular flexibility index (Phi) is 9.74. The summed E-state index contributed by atoms with van der Waals surface area (Å²) in [5.74, 6) is 0.909. The molecule has 1 heterocycles. The van der Waals surface area contributed by atoms with Crippen LogP contribution in [-0.4, -0.2) is 56.4 Å². The first-order valence-electron chi connectivity index (χ1n) is 11.6. The Hall–Kier alpha value is -1.22. The normalized spacial score (nSPS) is 22.6. The first-order valence-corrected chi connectivity index (χ1v) is 17.3. The van der Waals surface area contributed by atoms with Gasteiger partial charge in [0.05, 0.1) is 0 Å². The molecule has 33 heavy (non-hydrogen) atoms. The van der Waals surface area contributed by atoms with Crippen LogP contribution in [0.2, 0.25) is 25.7 Å². The van der Waals surface area contributed by atoms with Gasteiger partial charge in [0, 0.05) is 0 Å². The molecule has 0 aromatic carbocycles. The molecule has 1 aliphatic heterocycles. The molecule has 0 radical (unpaired) electrons. The standard InChI is InChI=1S/C23H42NO7PSi/c1-15(2)24-31-32(26,27)14-16(3)9-10-18-21(28-5)17(4)19-13-30-23(25)20(19)22(18)29-11-12-33(6,7)8/h9,15,17,19,24,26-27,32H,10-14H2,1-8H3/b16-9+. The Morgan fingerprint density at radius 2 is 2.00 bits per heavy atom. The summed E-state index contributed by atoms with van der Waals surface area (Å²) in [6.45, 7) is 15.3. The van der Waals surface area contributed by atoms with Crippen LogP contribution in [0.3, 0.4) is 0 Å². The van der Waals surface area contributed by atoms with E-state index in [2.05, 4.69) is 25.1 Å². The molecule has 10 heteroatoms. The van der Waals surface area contributed by atoms with E-state index in [1.807, 2.05) is 33.8 Å².